The molecule has 28 heavy (non-hydrogen) atoms. The highest BCUT2D eigenvalue weighted by molar-refractivity contribution is 7.80. The zero-order valence-corrected chi connectivity index (χ0v) is 16.6. The third-order valence-electron chi connectivity index (χ3n) is 6.09. The molecule has 3 aliphatic heterocycles. The lowest BCUT2D eigenvalue weighted by Crippen LogP contribution is -2.73. The lowest BCUT2D eigenvalue weighted by atomic mass is 9.66. The van der Waals surface area contributed by atoms with Crippen molar-refractivity contribution in [2.45, 2.75) is 51.6 Å². The predicted molar refractivity (Wildman–Crippen MR) is 107 cm³/mol. The molecule has 4 rings (SSSR count). The molecule has 0 bridgehead atoms. The summed E-state index contributed by atoms with van der Waals surface area (Å²) in [6, 6.07) is 4.25. The van der Waals surface area contributed by atoms with Gasteiger partial charge in [0.1, 0.15) is 0 Å². The van der Waals surface area contributed by atoms with Crippen LogP contribution < -0.4 is 10.2 Å². The van der Waals surface area contributed by atoms with Gasteiger partial charge in [0.2, 0.25) is 11.8 Å². The van der Waals surface area contributed by atoms with Crippen molar-refractivity contribution >= 4 is 40.5 Å². The van der Waals surface area contributed by atoms with E-state index >= 15 is 0 Å². The van der Waals surface area contributed by atoms with Gasteiger partial charge in [-0.15, -0.1) is 0 Å². The molecule has 1 aromatic rings. The Morgan fingerprint density at radius 1 is 1.32 bits per heavy atom. The van der Waals surface area contributed by atoms with Crippen molar-refractivity contribution in [2.75, 3.05) is 11.4 Å². The number of rotatable bonds is 2. The second kappa shape index (κ2) is 6.51. The molecule has 0 radical (unpaired) electrons. The number of amides is 2. The molecule has 2 fully saturated rings. The molecule has 3 aliphatic rings. The summed E-state index contributed by atoms with van der Waals surface area (Å²) >= 11 is 5.26. The van der Waals surface area contributed by atoms with Crippen molar-refractivity contribution in [2.24, 2.45) is 5.41 Å². The number of carbonyl (C=O) groups excluding carboxylic acids is 2. The van der Waals surface area contributed by atoms with E-state index in [0.29, 0.717) is 18.5 Å². The maximum Gasteiger partial charge on any atom is 0.269 e. The summed E-state index contributed by atoms with van der Waals surface area (Å²) in [6.45, 7) is 4.43. The minimum atomic E-state index is -1.32. The molecule has 1 aromatic carbocycles. The van der Waals surface area contributed by atoms with E-state index in [0.717, 1.165) is 18.5 Å². The van der Waals surface area contributed by atoms with Crippen LogP contribution in [-0.2, 0) is 16.0 Å². The highest BCUT2D eigenvalue weighted by Crippen LogP contribution is 2.48. The van der Waals surface area contributed by atoms with Gasteiger partial charge >= 0.3 is 0 Å². The van der Waals surface area contributed by atoms with Crippen molar-refractivity contribution in [3.63, 3.8) is 0 Å². The number of nitrogens with one attached hydrogen (secondary N) is 1. The summed E-state index contributed by atoms with van der Waals surface area (Å²) < 4.78 is 0. The van der Waals surface area contributed by atoms with E-state index in [4.69, 9.17) is 12.2 Å². The molecule has 1 N–H and O–H groups in total. The predicted octanol–water partition coefficient (Wildman–Crippen LogP) is 2.15. The highest BCUT2D eigenvalue weighted by atomic mass is 32.1. The fraction of sp³-hybridized carbons (Fsp3) is 0.526. The lowest BCUT2D eigenvalue weighted by Gasteiger charge is -2.54. The first kappa shape index (κ1) is 18.8. The van der Waals surface area contributed by atoms with Crippen molar-refractivity contribution < 1.29 is 14.5 Å². The monoisotopic (exact) mass is 402 g/mol. The molecule has 1 spiro atoms. The number of nitro benzene ring substituents is 1. The molecular formula is C19H22N4O4S. The van der Waals surface area contributed by atoms with E-state index in [1.54, 1.807) is 6.07 Å². The van der Waals surface area contributed by atoms with Crippen LogP contribution in [0.3, 0.4) is 0 Å². The molecule has 2 saturated heterocycles. The van der Waals surface area contributed by atoms with Crippen LogP contribution in [0.1, 0.15) is 38.7 Å². The molecule has 0 aliphatic carbocycles. The van der Waals surface area contributed by atoms with Crippen LogP contribution in [0.25, 0.3) is 0 Å². The average Bonchev–Trinajstić information content (AvgIpc) is 2.65. The number of hydrogen-bond acceptors (Lipinski definition) is 6. The van der Waals surface area contributed by atoms with Gasteiger partial charge in [0, 0.05) is 36.8 Å². The first-order valence-electron chi connectivity index (χ1n) is 9.50. The van der Waals surface area contributed by atoms with Gasteiger partial charge in [-0.25, -0.2) is 0 Å². The van der Waals surface area contributed by atoms with Crippen molar-refractivity contribution in [1.29, 1.82) is 0 Å². The zero-order chi connectivity index (χ0) is 20.2. The molecule has 2 atom stereocenters. The first-order valence-corrected chi connectivity index (χ1v) is 9.91. The minimum Gasteiger partial charge on any atom is -0.367 e. The number of nitro groups is 1. The Hall–Kier alpha value is -2.55. The Bertz CT molecular complexity index is 902. The fourth-order valence-electron chi connectivity index (χ4n) is 4.85. The van der Waals surface area contributed by atoms with Crippen molar-refractivity contribution in [1.82, 2.24) is 10.2 Å². The number of carbonyl (C=O) groups is 2. The third-order valence-corrected chi connectivity index (χ3v) is 6.38. The molecule has 8 nitrogen and oxygen atoms in total. The lowest BCUT2D eigenvalue weighted by molar-refractivity contribution is -0.384. The standard InChI is InChI=1S/C19H22N4O4S/c1-11(2)22-17(25)19(16(24)20-18(22)28)10-12-9-13(23(26)27)6-7-14(12)21-8-4-3-5-15(19)21/h6-7,9,11,15H,3-5,8,10H2,1-2H3,(H,20,24,28)/t15-,19+/m1/s1. The number of piperidine rings is 1. The average molecular weight is 402 g/mol. The Balaban J connectivity index is 1.89. The number of non-ortho nitro benzene ring substituents is 1. The number of anilines is 1. The second-order valence-corrected chi connectivity index (χ2v) is 8.34. The van der Waals surface area contributed by atoms with E-state index in [1.165, 1.54) is 17.0 Å². The van der Waals surface area contributed by atoms with Crippen LogP contribution in [0.15, 0.2) is 18.2 Å². The topological polar surface area (TPSA) is 95.8 Å². The summed E-state index contributed by atoms with van der Waals surface area (Å²) in [5.74, 6) is -0.696. The van der Waals surface area contributed by atoms with Crippen LogP contribution in [0.2, 0.25) is 0 Å². The van der Waals surface area contributed by atoms with E-state index in [9.17, 15) is 19.7 Å². The molecule has 3 heterocycles. The van der Waals surface area contributed by atoms with Gasteiger partial charge in [-0.05, 0) is 57.0 Å². The van der Waals surface area contributed by atoms with Gasteiger partial charge < -0.3 is 10.2 Å². The van der Waals surface area contributed by atoms with Gasteiger partial charge in [0.05, 0.1) is 11.0 Å². The summed E-state index contributed by atoms with van der Waals surface area (Å²) in [7, 11) is 0. The number of thiocarbonyl (C=S) groups is 1. The summed E-state index contributed by atoms with van der Waals surface area (Å²) in [5, 5.41) is 14.1. The quantitative estimate of drug-likeness (QED) is 0.352. The zero-order valence-electron chi connectivity index (χ0n) is 15.8. The largest absolute Gasteiger partial charge is 0.367 e. The third kappa shape index (κ3) is 2.52. The minimum absolute atomic E-state index is 0.0377. The maximum absolute atomic E-state index is 13.7. The Morgan fingerprint density at radius 3 is 2.75 bits per heavy atom. The number of hydrogen-bond donors (Lipinski definition) is 1. The number of fused-ring (bicyclic) bond motifs is 4. The molecule has 0 unspecified atom stereocenters. The van der Waals surface area contributed by atoms with E-state index in [-0.39, 0.29) is 35.2 Å². The molecule has 148 valence electrons. The fourth-order valence-corrected chi connectivity index (χ4v) is 5.24. The summed E-state index contributed by atoms with van der Waals surface area (Å²) in [5.41, 5.74) is 0.178. The van der Waals surface area contributed by atoms with E-state index in [2.05, 4.69) is 10.2 Å². The van der Waals surface area contributed by atoms with E-state index in [1.807, 2.05) is 13.8 Å². The SMILES string of the molecule is CC(C)N1C(=O)[C@]2(Cc3cc([N+](=O)[O-])ccc3N3CCCC[C@@H]32)C(=O)NC1=S. The molecule has 0 aromatic heterocycles. The van der Waals surface area contributed by atoms with Crippen LogP contribution in [0, 0.1) is 15.5 Å². The van der Waals surface area contributed by atoms with Gasteiger partial charge in [0.25, 0.3) is 5.69 Å². The van der Waals surface area contributed by atoms with E-state index < -0.39 is 16.2 Å². The van der Waals surface area contributed by atoms with Gasteiger partial charge in [-0.2, -0.15) is 0 Å². The second-order valence-electron chi connectivity index (χ2n) is 7.95. The Kier molecular flexibility index (Phi) is 4.37. The normalized spacial score (nSPS) is 27.0. The molecular weight excluding hydrogens is 380 g/mol. The van der Waals surface area contributed by atoms with Crippen LogP contribution in [-0.4, -0.2) is 45.4 Å². The van der Waals surface area contributed by atoms with Gasteiger partial charge in [0.15, 0.2) is 10.5 Å². The Labute approximate surface area is 168 Å². The van der Waals surface area contributed by atoms with Crippen molar-refractivity contribution in [3.05, 3.63) is 33.9 Å². The molecule has 0 saturated carbocycles. The Morgan fingerprint density at radius 2 is 2.07 bits per heavy atom. The molecule has 2 amide bonds. The van der Waals surface area contributed by atoms with Crippen molar-refractivity contribution in [3.8, 4) is 0 Å². The summed E-state index contributed by atoms with van der Waals surface area (Å²) in [6.07, 6.45) is 2.74. The van der Waals surface area contributed by atoms with Crippen LogP contribution in [0.5, 0.6) is 0 Å². The number of nitrogens with zero attached hydrogens (tertiary/aromatic N) is 3. The highest BCUT2D eigenvalue weighted by Gasteiger charge is 2.61. The van der Waals surface area contributed by atoms with Gasteiger partial charge in [-0.3, -0.25) is 24.6 Å². The first-order chi connectivity index (χ1) is 13.3. The maximum atomic E-state index is 13.7. The van der Waals surface area contributed by atoms with Crippen LogP contribution >= 0.6 is 12.2 Å². The van der Waals surface area contributed by atoms with Gasteiger partial charge in [-0.1, -0.05) is 0 Å². The molecule has 9 heteroatoms. The number of benzene rings is 1. The van der Waals surface area contributed by atoms with Crippen LogP contribution in [0.4, 0.5) is 11.4 Å². The smallest absolute Gasteiger partial charge is 0.269 e. The summed E-state index contributed by atoms with van der Waals surface area (Å²) in [4.78, 5) is 41.3.